The number of aryl methyl sites for hydroxylation is 1. The van der Waals surface area contributed by atoms with Crippen molar-refractivity contribution in [3.05, 3.63) is 27.6 Å². The van der Waals surface area contributed by atoms with Gasteiger partial charge in [-0.1, -0.05) is 0 Å². The summed E-state index contributed by atoms with van der Waals surface area (Å²) in [5, 5.41) is 8.45. The van der Waals surface area contributed by atoms with Crippen molar-refractivity contribution in [3.8, 4) is 0 Å². The Balaban J connectivity index is 1.80. The van der Waals surface area contributed by atoms with E-state index in [-0.39, 0.29) is 11.7 Å². The van der Waals surface area contributed by atoms with E-state index >= 15 is 0 Å². The van der Waals surface area contributed by atoms with Crippen molar-refractivity contribution in [2.75, 3.05) is 6.61 Å². The maximum absolute atomic E-state index is 12.8. The fourth-order valence-electron chi connectivity index (χ4n) is 3.38. The maximum Gasteiger partial charge on any atom is 0.296 e. The average Bonchev–Trinajstić information content (AvgIpc) is 3.29. The monoisotopic (exact) mass is 302 g/mol. The first-order valence-electron chi connectivity index (χ1n) is 8.23. The third-order valence-electron chi connectivity index (χ3n) is 4.99. The summed E-state index contributed by atoms with van der Waals surface area (Å²) in [4.78, 5) is 12.8. The van der Waals surface area contributed by atoms with Gasteiger partial charge in [-0.2, -0.15) is 0 Å². The zero-order valence-electron chi connectivity index (χ0n) is 13.2. The molecule has 2 aromatic heterocycles. The molecule has 1 aliphatic carbocycles. The highest BCUT2D eigenvalue weighted by Gasteiger charge is 2.30. The van der Waals surface area contributed by atoms with Gasteiger partial charge in [-0.05, 0) is 46.0 Å². The number of hydrogen-bond acceptors (Lipinski definition) is 4. The SMILES string of the molecule is Cc1c(C)n2c(C3CC3)nnc2c(=O)n1CC1CCCCO1. The van der Waals surface area contributed by atoms with Gasteiger partial charge in [-0.25, -0.2) is 0 Å². The molecule has 0 N–H and O–H groups in total. The predicted molar refractivity (Wildman–Crippen MR) is 82.3 cm³/mol. The third-order valence-corrected chi connectivity index (χ3v) is 4.99. The maximum atomic E-state index is 12.8. The third kappa shape index (κ3) is 2.17. The molecule has 4 rings (SSSR count). The summed E-state index contributed by atoms with van der Waals surface area (Å²) in [6, 6.07) is 0. The second kappa shape index (κ2) is 5.19. The lowest BCUT2D eigenvalue weighted by molar-refractivity contribution is 0.00509. The number of fused-ring (bicyclic) bond motifs is 1. The highest BCUT2D eigenvalue weighted by Crippen LogP contribution is 2.39. The highest BCUT2D eigenvalue weighted by molar-refractivity contribution is 5.40. The molecule has 0 bridgehead atoms. The van der Waals surface area contributed by atoms with E-state index in [4.69, 9.17) is 4.74 Å². The van der Waals surface area contributed by atoms with Gasteiger partial charge >= 0.3 is 0 Å². The van der Waals surface area contributed by atoms with Crippen LogP contribution in [0.2, 0.25) is 0 Å². The number of aromatic nitrogens is 4. The summed E-state index contributed by atoms with van der Waals surface area (Å²) >= 11 is 0. The minimum Gasteiger partial charge on any atom is -0.376 e. The van der Waals surface area contributed by atoms with Gasteiger partial charge in [0, 0.05) is 23.9 Å². The van der Waals surface area contributed by atoms with Crippen molar-refractivity contribution < 1.29 is 4.74 Å². The minimum atomic E-state index is -0.0447. The molecule has 6 heteroatoms. The van der Waals surface area contributed by atoms with Gasteiger partial charge in [-0.3, -0.25) is 9.20 Å². The van der Waals surface area contributed by atoms with Crippen LogP contribution in [0.5, 0.6) is 0 Å². The smallest absolute Gasteiger partial charge is 0.296 e. The van der Waals surface area contributed by atoms with Gasteiger partial charge < -0.3 is 9.30 Å². The van der Waals surface area contributed by atoms with Crippen LogP contribution in [0.15, 0.2) is 4.79 Å². The summed E-state index contributed by atoms with van der Waals surface area (Å²) in [6.07, 6.45) is 5.76. The molecule has 1 unspecified atom stereocenters. The number of rotatable bonds is 3. The second-order valence-electron chi connectivity index (χ2n) is 6.57. The Hall–Kier alpha value is -1.69. The number of hydrogen-bond donors (Lipinski definition) is 0. The van der Waals surface area contributed by atoms with E-state index < -0.39 is 0 Å². The summed E-state index contributed by atoms with van der Waals surface area (Å²) in [6.45, 7) is 5.48. The van der Waals surface area contributed by atoms with Crippen LogP contribution >= 0.6 is 0 Å². The molecule has 3 heterocycles. The summed E-state index contributed by atoms with van der Waals surface area (Å²) in [5.41, 5.74) is 2.48. The van der Waals surface area contributed by atoms with Gasteiger partial charge in [0.2, 0.25) is 5.65 Å². The van der Waals surface area contributed by atoms with Crippen LogP contribution in [0.1, 0.15) is 55.2 Å². The summed E-state index contributed by atoms with van der Waals surface area (Å²) in [7, 11) is 0. The highest BCUT2D eigenvalue weighted by atomic mass is 16.5. The number of nitrogens with zero attached hydrogens (tertiary/aromatic N) is 4. The topological polar surface area (TPSA) is 61.4 Å². The van der Waals surface area contributed by atoms with Crippen molar-refractivity contribution >= 4 is 5.65 Å². The molecule has 2 aliphatic rings. The van der Waals surface area contributed by atoms with Crippen LogP contribution in [0.25, 0.3) is 5.65 Å². The van der Waals surface area contributed by atoms with E-state index in [0.717, 1.165) is 49.5 Å². The summed E-state index contributed by atoms with van der Waals surface area (Å²) in [5.74, 6) is 1.43. The van der Waals surface area contributed by atoms with E-state index in [1.165, 1.54) is 6.42 Å². The van der Waals surface area contributed by atoms with Crippen LogP contribution in [0, 0.1) is 13.8 Å². The Morgan fingerprint density at radius 1 is 1.14 bits per heavy atom. The number of ether oxygens (including phenoxy) is 1. The molecule has 6 nitrogen and oxygen atoms in total. The van der Waals surface area contributed by atoms with Gasteiger partial charge in [-0.15, -0.1) is 10.2 Å². The molecule has 1 saturated heterocycles. The molecule has 0 amide bonds. The van der Waals surface area contributed by atoms with Gasteiger partial charge in [0.1, 0.15) is 5.82 Å². The van der Waals surface area contributed by atoms with Crippen LogP contribution in [0.4, 0.5) is 0 Å². The molecule has 1 saturated carbocycles. The summed E-state index contributed by atoms with van der Waals surface area (Å²) < 4.78 is 9.59. The molecule has 1 aliphatic heterocycles. The van der Waals surface area contributed by atoms with E-state index in [2.05, 4.69) is 17.1 Å². The van der Waals surface area contributed by atoms with E-state index in [9.17, 15) is 4.79 Å². The van der Waals surface area contributed by atoms with Crippen molar-refractivity contribution in [1.82, 2.24) is 19.2 Å². The standard InChI is InChI=1S/C16H22N4O2/c1-10-11(2)20-14(12-6-7-12)17-18-15(20)16(21)19(10)9-13-5-3-4-8-22-13/h12-13H,3-9H2,1-2H3. The molecule has 22 heavy (non-hydrogen) atoms. The molecule has 2 aromatic rings. The second-order valence-corrected chi connectivity index (χ2v) is 6.57. The fourth-order valence-corrected chi connectivity index (χ4v) is 3.38. The fraction of sp³-hybridized carbons (Fsp3) is 0.688. The van der Waals surface area contributed by atoms with Crippen LogP contribution in [0.3, 0.4) is 0 Å². The van der Waals surface area contributed by atoms with Crippen molar-refractivity contribution in [2.24, 2.45) is 0 Å². The van der Waals surface area contributed by atoms with Crippen molar-refractivity contribution in [2.45, 2.75) is 64.5 Å². The lowest BCUT2D eigenvalue weighted by Crippen LogP contribution is -2.33. The van der Waals surface area contributed by atoms with Crippen LogP contribution in [-0.2, 0) is 11.3 Å². The average molecular weight is 302 g/mol. The lowest BCUT2D eigenvalue weighted by atomic mass is 10.1. The first-order valence-corrected chi connectivity index (χ1v) is 8.23. The molecule has 0 radical (unpaired) electrons. The van der Waals surface area contributed by atoms with E-state index in [1.54, 1.807) is 0 Å². The zero-order valence-corrected chi connectivity index (χ0v) is 13.2. The minimum absolute atomic E-state index is 0.0447. The molecular formula is C16H22N4O2. The Morgan fingerprint density at radius 2 is 1.95 bits per heavy atom. The normalized spacial score (nSPS) is 22.4. The molecule has 0 spiro atoms. The largest absolute Gasteiger partial charge is 0.376 e. The molecule has 2 fully saturated rings. The Labute approximate surface area is 129 Å². The Bertz CT molecular complexity index is 767. The molecule has 1 atom stereocenters. The lowest BCUT2D eigenvalue weighted by Gasteiger charge is -2.24. The van der Waals surface area contributed by atoms with Crippen LogP contribution < -0.4 is 5.56 Å². The Morgan fingerprint density at radius 3 is 2.64 bits per heavy atom. The zero-order chi connectivity index (χ0) is 15.3. The van der Waals surface area contributed by atoms with Gasteiger partial charge in [0.15, 0.2) is 0 Å². The quantitative estimate of drug-likeness (QED) is 0.869. The van der Waals surface area contributed by atoms with Gasteiger partial charge in [0.05, 0.1) is 12.6 Å². The van der Waals surface area contributed by atoms with Crippen LogP contribution in [-0.4, -0.2) is 31.9 Å². The molecule has 0 aromatic carbocycles. The predicted octanol–water partition coefficient (Wildman–Crippen LogP) is 1.95. The van der Waals surface area contributed by atoms with Crippen molar-refractivity contribution in [1.29, 1.82) is 0 Å². The van der Waals surface area contributed by atoms with E-state index in [1.807, 2.05) is 15.9 Å². The first-order chi connectivity index (χ1) is 10.7. The Kier molecular flexibility index (Phi) is 3.29. The first kappa shape index (κ1) is 13.9. The van der Waals surface area contributed by atoms with Gasteiger partial charge in [0.25, 0.3) is 5.56 Å². The van der Waals surface area contributed by atoms with E-state index in [0.29, 0.717) is 18.1 Å². The van der Waals surface area contributed by atoms with Crippen molar-refractivity contribution in [3.63, 3.8) is 0 Å². The molecular weight excluding hydrogens is 280 g/mol. The molecule has 118 valence electrons.